The van der Waals surface area contributed by atoms with Crippen LogP contribution in [-0.2, 0) is 6.42 Å². The molecule has 1 rings (SSSR count). The smallest absolute Gasteiger partial charge is 0.155 e. The molecule has 0 amide bonds. The van der Waals surface area contributed by atoms with Crippen molar-refractivity contribution in [3.8, 4) is 0 Å². The molecule has 0 saturated carbocycles. The van der Waals surface area contributed by atoms with Gasteiger partial charge in [0.05, 0.1) is 0 Å². The highest BCUT2D eigenvalue weighted by molar-refractivity contribution is 5.77. The molecule has 0 aliphatic rings. The van der Waals surface area contributed by atoms with Gasteiger partial charge in [0.25, 0.3) is 0 Å². The summed E-state index contributed by atoms with van der Waals surface area (Å²) in [6, 6.07) is 6.83. The third-order valence-corrected chi connectivity index (χ3v) is 1.58. The minimum absolute atomic E-state index is 0.0922. The average molecular weight is 166 g/mol. The number of aliphatic hydroxyl groups is 2. The zero-order valence-corrected chi connectivity index (χ0v) is 6.47. The van der Waals surface area contributed by atoms with Gasteiger partial charge in [0.1, 0.15) is 6.29 Å². The van der Waals surface area contributed by atoms with E-state index in [0.29, 0.717) is 17.4 Å². The SMILES string of the molecule is O=Cc1ccccc1CC(O)O. The molecule has 64 valence electrons. The largest absolute Gasteiger partial charge is 0.368 e. The van der Waals surface area contributed by atoms with E-state index in [1.165, 1.54) is 0 Å². The maximum absolute atomic E-state index is 10.4. The molecule has 3 heteroatoms. The molecule has 12 heavy (non-hydrogen) atoms. The van der Waals surface area contributed by atoms with Crippen LogP contribution in [0.15, 0.2) is 24.3 Å². The number of hydrogen-bond donors (Lipinski definition) is 2. The standard InChI is InChI=1S/C9H10O3/c10-6-8-4-2-1-3-7(8)5-9(11)12/h1-4,6,9,11-12H,5H2. The molecular weight excluding hydrogens is 156 g/mol. The summed E-state index contributed by atoms with van der Waals surface area (Å²) in [7, 11) is 0. The Morgan fingerprint density at radius 3 is 2.58 bits per heavy atom. The zero-order valence-electron chi connectivity index (χ0n) is 6.47. The van der Waals surface area contributed by atoms with Crippen LogP contribution in [0.3, 0.4) is 0 Å². The minimum Gasteiger partial charge on any atom is -0.368 e. The normalized spacial score (nSPS) is 10.2. The summed E-state index contributed by atoms with van der Waals surface area (Å²) < 4.78 is 0. The van der Waals surface area contributed by atoms with Gasteiger partial charge >= 0.3 is 0 Å². The predicted molar refractivity (Wildman–Crippen MR) is 43.8 cm³/mol. The number of benzene rings is 1. The van der Waals surface area contributed by atoms with Crippen molar-refractivity contribution in [1.82, 2.24) is 0 Å². The second kappa shape index (κ2) is 3.99. The Labute approximate surface area is 70.3 Å². The molecule has 0 bridgehead atoms. The summed E-state index contributed by atoms with van der Waals surface area (Å²) in [6.45, 7) is 0. The number of carbonyl (C=O) groups excluding carboxylic acids is 1. The third-order valence-electron chi connectivity index (χ3n) is 1.58. The van der Waals surface area contributed by atoms with E-state index in [1.54, 1.807) is 24.3 Å². The van der Waals surface area contributed by atoms with Crippen molar-refractivity contribution in [2.45, 2.75) is 12.7 Å². The number of rotatable bonds is 3. The molecule has 0 aliphatic carbocycles. The molecule has 0 heterocycles. The monoisotopic (exact) mass is 166 g/mol. The number of carbonyl (C=O) groups is 1. The van der Waals surface area contributed by atoms with Crippen LogP contribution >= 0.6 is 0 Å². The van der Waals surface area contributed by atoms with Gasteiger partial charge in [-0.15, -0.1) is 0 Å². The van der Waals surface area contributed by atoms with Crippen molar-refractivity contribution in [2.75, 3.05) is 0 Å². The zero-order chi connectivity index (χ0) is 8.97. The van der Waals surface area contributed by atoms with E-state index < -0.39 is 6.29 Å². The second-order valence-electron chi connectivity index (χ2n) is 2.50. The lowest BCUT2D eigenvalue weighted by atomic mass is 10.1. The van der Waals surface area contributed by atoms with E-state index in [9.17, 15) is 4.79 Å². The van der Waals surface area contributed by atoms with Crippen molar-refractivity contribution in [3.63, 3.8) is 0 Å². The number of hydrogen-bond acceptors (Lipinski definition) is 3. The maximum Gasteiger partial charge on any atom is 0.155 e. The van der Waals surface area contributed by atoms with Crippen molar-refractivity contribution in [2.24, 2.45) is 0 Å². The molecule has 0 spiro atoms. The van der Waals surface area contributed by atoms with E-state index in [-0.39, 0.29) is 6.42 Å². The van der Waals surface area contributed by atoms with E-state index >= 15 is 0 Å². The third kappa shape index (κ3) is 2.15. The van der Waals surface area contributed by atoms with Gasteiger partial charge in [-0.2, -0.15) is 0 Å². The first-order valence-corrected chi connectivity index (χ1v) is 3.63. The van der Waals surface area contributed by atoms with Gasteiger partial charge in [0.2, 0.25) is 0 Å². The van der Waals surface area contributed by atoms with Crippen LogP contribution in [-0.4, -0.2) is 22.8 Å². The van der Waals surface area contributed by atoms with Gasteiger partial charge in [0, 0.05) is 12.0 Å². The van der Waals surface area contributed by atoms with Crippen molar-refractivity contribution >= 4 is 6.29 Å². The molecule has 0 aliphatic heterocycles. The molecule has 1 aromatic carbocycles. The first-order chi connectivity index (χ1) is 5.74. The summed E-state index contributed by atoms with van der Waals surface area (Å²) in [6.07, 6.45) is -0.599. The van der Waals surface area contributed by atoms with E-state index in [1.807, 2.05) is 0 Å². The topological polar surface area (TPSA) is 57.5 Å². The number of aliphatic hydroxyl groups excluding tert-OH is 1. The van der Waals surface area contributed by atoms with Gasteiger partial charge < -0.3 is 10.2 Å². The lowest BCUT2D eigenvalue weighted by Crippen LogP contribution is -2.09. The van der Waals surface area contributed by atoms with Crippen LogP contribution in [0.5, 0.6) is 0 Å². The maximum atomic E-state index is 10.4. The molecule has 0 fully saturated rings. The predicted octanol–water partition coefficient (Wildman–Crippen LogP) is 0.352. The van der Waals surface area contributed by atoms with Crippen molar-refractivity contribution in [3.05, 3.63) is 35.4 Å². The lowest BCUT2D eigenvalue weighted by molar-refractivity contribution is -0.0381. The summed E-state index contributed by atoms with van der Waals surface area (Å²) in [4.78, 5) is 10.4. The van der Waals surface area contributed by atoms with Crippen LogP contribution in [0.25, 0.3) is 0 Å². The fourth-order valence-electron chi connectivity index (χ4n) is 1.03. The van der Waals surface area contributed by atoms with Crippen LogP contribution in [0.1, 0.15) is 15.9 Å². The van der Waals surface area contributed by atoms with Crippen molar-refractivity contribution < 1.29 is 15.0 Å². The molecule has 3 nitrogen and oxygen atoms in total. The van der Waals surface area contributed by atoms with Crippen LogP contribution in [0, 0.1) is 0 Å². The van der Waals surface area contributed by atoms with E-state index in [4.69, 9.17) is 10.2 Å². The summed E-state index contributed by atoms with van der Waals surface area (Å²) in [5.41, 5.74) is 1.16. The molecule has 0 atom stereocenters. The van der Waals surface area contributed by atoms with Crippen LogP contribution in [0.2, 0.25) is 0 Å². The molecule has 0 radical (unpaired) electrons. The Bertz CT molecular complexity index is 268. The highest BCUT2D eigenvalue weighted by Gasteiger charge is 2.04. The highest BCUT2D eigenvalue weighted by Crippen LogP contribution is 2.07. The summed E-state index contributed by atoms with van der Waals surface area (Å²) in [5, 5.41) is 17.3. The highest BCUT2D eigenvalue weighted by atomic mass is 16.5. The fourth-order valence-corrected chi connectivity index (χ4v) is 1.03. The van der Waals surface area contributed by atoms with Crippen molar-refractivity contribution in [1.29, 1.82) is 0 Å². The first-order valence-electron chi connectivity index (χ1n) is 3.63. The van der Waals surface area contributed by atoms with Crippen LogP contribution < -0.4 is 0 Å². The molecule has 1 aromatic rings. The molecule has 0 saturated heterocycles. The second-order valence-corrected chi connectivity index (χ2v) is 2.50. The fraction of sp³-hybridized carbons (Fsp3) is 0.222. The van der Waals surface area contributed by atoms with Gasteiger partial charge in [-0.3, -0.25) is 4.79 Å². The molecular formula is C9H10O3. The average Bonchev–Trinajstić information content (AvgIpc) is 2.04. The molecule has 0 aromatic heterocycles. The first kappa shape index (κ1) is 8.90. The van der Waals surface area contributed by atoms with E-state index in [2.05, 4.69) is 0 Å². The lowest BCUT2D eigenvalue weighted by Gasteiger charge is -2.05. The quantitative estimate of drug-likeness (QED) is 0.503. The Kier molecular flexibility index (Phi) is 2.96. The van der Waals surface area contributed by atoms with Gasteiger partial charge in [-0.05, 0) is 5.56 Å². The minimum atomic E-state index is -1.40. The summed E-state index contributed by atoms with van der Waals surface area (Å²) >= 11 is 0. The van der Waals surface area contributed by atoms with Gasteiger partial charge in [-0.1, -0.05) is 24.3 Å². The Balaban J connectivity index is 2.89. The Morgan fingerprint density at radius 1 is 1.33 bits per heavy atom. The Morgan fingerprint density at radius 2 is 2.00 bits per heavy atom. The van der Waals surface area contributed by atoms with Crippen LogP contribution in [0.4, 0.5) is 0 Å². The molecule has 2 N–H and O–H groups in total. The Hall–Kier alpha value is -1.19. The number of aldehydes is 1. The molecule has 0 unspecified atom stereocenters. The summed E-state index contributed by atoms with van der Waals surface area (Å²) in [5.74, 6) is 0. The van der Waals surface area contributed by atoms with E-state index in [0.717, 1.165) is 0 Å². The van der Waals surface area contributed by atoms with Gasteiger partial charge in [-0.25, -0.2) is 0 Å². The van der Waals surface area contributed by atoms with Gasteiger partial charge in [0.15, 0.2) is 6.29 Å².